The van der Waals surface area contributed by atoms with Gasteiger partial charge in [0.15, 0.2) is 5.75 Å². The first kappa shape index (κ1) is 17.0. The summed E-state index contributed by atoms with van der Waals surface area (Å²) in [4.78, 5) is 0. The van der Waals surface area contributed by atoms with Gasteiger partial charge in [-0.3, -0.25) is 4.68 Å². The fraction of sp³-hybridized carbons (Fsp3) is 0.812. The molecular weight excluding hydrogens is 250 g/mol. The van der Waals surface area contributed by atoms with E-state index in [9.17, 15) is 0 Å². The molecule has 0 fully saturated rings. The van der Waals surface area contributed by atoms with E-state index in [2.05, 4.69) is 35.9 Å². The Morgan fingerprint density at radius 3 is 2.60 bits per heavy atom. The van der Waals surface area contributed by atoms with E-state index in [1.807, 2.05) is 6.20 Å². The Kier molecular flexibility index (Phi) is 8.35. The number of hydrogen-bond acceptors (Lipinski definition) is 3. The molecule has 0 aliphatic carbocycles. The lowest BCUT2D eigenvalue weighted by molar-refractivity contribution is 0.380. The van der Waals surface area contributed by atoms with Gasteiger partial charge in [0.1, 0.15) is 0 Å². The molecular formula is C16H31N3O. The highest BCUT2D eigenvalue weighted by atomic mass is 16.5. The van der Waals surface area contributed by atoms with Gasteiger partial charge in [0, 0.05) is 6.54 Å². The third kappa shape index (κ3) is 4.82. The second-order valence-corrected chi connectivity index (χ2v) is 5.28. The highest BCUT2D eigenvalue weighted by Gasteiger charge is 2.20. The molecule has 1 rings (SSSR count). The van der Waals surface area contributed by atoms with E-state index in [1.165, 1.54) is 31.4 Å². The van der Waals surface area contributed by atoms with Gasteiger partial charge in [0.25, 0.3) is 0 Å². The van der Waals surface area contributed by atoms with Gasteiger partial charge < -0.3 is 10.1 Å². The van der Waals surface area contributed by atoms with Gasteiger partial charge in [0.2, 0.25) is 0 Å². The summed E-state index contributed by atoms with van der Waals surface area (Å²) in [5.41, 5.74) is 1.22. The van der Waals surface area contributed by atoms with Crippen LogP contribution in [0.2, 0.25) is 0 Å². The SMILES string of the molecule is CCCCCCC(NCC)c1c(OC)cnn1CCC. The van der Waals surface area contributed by atoms with Gasteiger partial charge >= 0.3 is 0 Å². The topological polar surface area (TPSA) is 39.1 Å². The summed E-state index contributed by atoms with van der Waals surface area (Å²) in [6, 6.07) is 0.348. The molecule has 1 heterocycles. The molecule has 0 saturated heterocycles. The van der Waals surface area contributed by atoms with Crippen LogP contribution in [0.1, 0.15) is 71.0 Å². The van der Waals surface area contributed by atoms with E-state index in [4.69, 9.17) is 4.74 Å². The van der Waals surface area contributed by atoms with Crippen LogP contribution >= 0.6 is 0 Å². The molecule has 4 nitrogen and oxygen atoms in total. The highest BCUT2D eigenvalue weighted by Crippen LogP contribution is 2.29. The van der Waals surface area contributed by atoms with E-state index in [0.717, 1.165) is 31.7 Å². The van der Waals surface area contributed by atoms with Crippen LogP contribution in [-0.4, -0.2) is 23.4 Å². The number of unbranched alkanes of at least 4 members (excludes halogenated alkanes) is 3. The molecule has 20 heavy (non-hydrogen) atoms. The molecule has 1 atom stereocenters. The van der Waals surface area contributed by atoms with Gasteiger partial charge in [0.05, 0.1) is 25.0 Å². The summed E-state index contributed by atoms with van der Waals surface area (Å²) in [6.45, 7) is 8.52. The van der Waals surface area contributed by atoms with Gasteiger partial charge in [-0.05, 0) is 19.4 Å². The Morgan fingerprint density at radius 2 is 2.00 bits per heavy atom. The number of nitrogens with zero attached hydrogens (tertiary/aromatic N) is 2. The van der Waals surface area contributed by atoms with Gasteiger partial charge in [-0.25, -0.2) is 0 Å². The third-order valence-electron chi connectivity index (χ3n) is 3.63. The first-order chi connectivity index (χ1) is 9.78. The molecule has 0 radical (unpaired) electrons. The summed E-state index contributed by atoms with van der Waals surface area (Å²) in [6.07, 6.45) is 9.26. The molecule has 1 aromatic rings. The minimum absolute atomic E-state index is 0.348. The van der Waals surface area contributed by atoms with Crippen molar-refractivity contribution < 1.29 is 4.74 Å². The van der Waals surface area contributed by atoms with E-state index >= 15 is 0 Å². The van der Waals surface area contributed by atoms with Crippen molar-refractivity contribution in [3.8, 4) is 5.75 Å². The maximum Gasteiger partial charge on any atom is 0.161 e. The molecule has 0 bridgehead atoms. The molecule has 0 aliphatic rings. The lowest BCUT2D eigenvalue weighted by Crippen LogP contribution is -2.24. The number of aromatic nitrogens is 2. The van der Waals surface area contributed by atoms with Gasteiger partial charge in [-0.2, -0.15) is 5.10 Å². The van der Waals surface area contributed by atoms with Crippen molar-refractivity contribution >= 4 is 0 Å². The average molecular weight is 281 g/mol. The Hall–Kier alpha value is -1.03. The second kappa shape index (κ2) is 9.81. The Balaban J connectivity index is 2.79. The summed E-state index contributed by atoms with van der Waals surface area (Å²) in [5.74, 6) is 0.917. The van der Waals surface area contributed by atoms with E-state index < -0.39 is 0 Å². The van der Waals surface area contributed by atoms with Gasteiger partial charge in [-0.15, -0.1) is 0 Å². The van der Waals surface area contributed by atoms with Crippen LogP contribution in [0.25, 0.3) is 0 Å². The monoisotopic (exact) mass is 281 g/mol. The van der Waals surface area contributed by atoms with Gasteiger partial charge in [-0.1, -0.05) is 46.5 Å². The minimum atomic E-state index is 0.348. The molecule has 0 spiro atoms. The normalized spacial score (nSPS) is 12.6. The lowest BCUT2D eigenvalue weighted by Gasteiger charge is -2.20. The highest BCUT2D eigenvalue weighted by molar-refractivity contribution is 5.28. The zero-order chi connectivity index (χ0) is 14.8. The molecule has 1 unspecified atom stereocenters. The molecule has 1 aromatic heterocycles. The van der Waals surface area contributed by atoms with Crippen LogP contribution in [0.3, 0.4) is 0 Å². The molecule has 1 N–H and O–H groups in total. The quantitative estimate of drug-likeness (QED) is 0.625. The number of methoxy groups -OCH3 is 1. The molecule has 0 amide bonds. The van der Waals surface area contributed by atoms with Crippen molar-refractivity contribution in [2.24, 2.45) is 0 Å². The van der Waals surface area contributed by atoms with Crippen LogP contribution in [0.15, 0.2) is 6.20 Å². The van der Waals surface area contributed by atoms with Crippen molar-refractivity contribution in [3.05, 3.63) is 11.9 Å². The molecule has 116 valence electrons. The molecule has 0 aliphatic heterocycles. The van der Waals surface area contributed by atoms with Crippen molar-refractivity contribution in [2.45, 2.75) is 71.9 Å². The average Bonchev–Trinajstić information content (AvgIpc) is 2.85. The summed E-state index contributed by atoms with van der Waals surface area (Å²) in [7, 11) is 1.73. The standard InChI is InChI=1S/C16H31N3O/c1-5-8-9-10-11-14(17-7-3)16-15(20-4)13-18-19(16)12-6-2/h13-14,17H,5-12H2,1-4H3. The maximum absolute atomic E-state index is 5.50. The van der Waals surface area contributed by atoms with E-state index in [-0.39, 0.29) is 0 Å². The van der Waals surface area contributed by atoms with Crippen LogP contribution in [0.5, 0.6) is 5.75 Å². The number of rotatable bonds is 11. The van der Waals surface area contributed by atoms with Crippen LogP contribution < -0.4 is 10.1 Å². The van der Waals surface area contributed by atoms with Crippen LogP contribution in [0.4, 0.5) is 0 Å². The predicted molar refractivity (Wildman–Crippen MR) is 84.2 cm³/mol. The first-order valence-electron chi connectivity index (χ1n) is 8.11. The number of hydrogen-bond donors (Lipinski definition) is 1. The van der Waals surface area contributed by atoms with Crippen molar-refractivity contribution in [2.75, 3.05) is 13.7 Å². The van der Waals surface area contributed by atoms with Crippen molar-refractivity contribution in [1.29, 1.82) is 0 Å². The fourth-order valence-corrected chi connectivity index (χ4v) is 2.63. The van der Waals surface area contributed by atoms with Crippen molar-refractivity contribution in [1.82, 2.24) is 15.1 Å². The smallest absolute Gasteiger partial charge is 0.161 e. The Labute approximate surface area is 123 Å². The summed E-state index contributed by atoms with van der Waals surface area (Å²) < 4.78 is 7.61. The molecule has 0 saturated carbocycles. The largest absolute Gasteiger partial charge is 0.493 e. The molecule has 0 aromatic carbocycles. The zero-order valence-electron chi connectivity index (χ0n) is 13.6. The van der Waals surface area contributed by atoms with E-state index in [0.29, 0.717) is 6.04 Å². The zero-order valence-corrected chi connectivity index (χ0v) is 13.6. The Morgan fingerprint density at radius 1 is 1.20 bits per heavy atom. The number of nitrogens with one attached hydrogen (secondary N) is 1. The number of ether oxygens (including phenoxy) is 1. The molecule has 4 heteroatoms. The van der Waals surface area contributed by atoms with Crippen LogP contribution in [-0.2, 0) is 6.54 Å². The van der Waals surface area contributed by atoms with E-state index in [1.54, 1.807) is 7.11 Å². The Bertz CT molecular complexity index is 363. The predicted octanol–water partition coefficient (Wildman–Crippen LogP) is 3.92. The lowest BCUT2D eigenvalue weighted by atomic mass is 10.0. The summed E-state index contributed by atoms with van der Waals surface area (Å²) in [5, 5.41) is 8.07. The van der Waals surface area contributed by atoms with Crippen molar-refractivity contribution in [3.63, 3.8) is 0 Å². The second-order valence-electron chi connectivity index (χ2n) is 5.28. The maximum atomic E-state index is 5.50. The minimum Gasteiger partial charge on any atom is -0.493 e. The van der Waals surface area contributed by atoms with Crippen LogP contribution in [0, 0.1) is 0 Å². The first-order valence-corrected chi connectivity index (χ1v) is 8.11. The summed E-state index contributed by atoms with van der Waals surface area (Å²) >= 11 is 0. The number of aryl methyl sites for hydroxylation is 1. The third-order valence-corrected chi connectivity index (χ3v) is 3.63. The fourth-order valence-electron chi connectivity index (χ4n) is 2.63.